The summed E-state index contributed by atoms with van der Waals surface area (Å²) in [4.78, 5) is -1.86. The van der Waals surface area contributed by atoms with Crippen LogP contribution in [0.2, 0.25) is 0 Å². The molecule has 1 rings (SSSR count). The van der Waals surface area contributed by atoms with Crippen LogP contribution in [0.3, 0.4) is 0 Å². The van der Waals surface area contributed by atoms with Crippen LogP contribution in [0.15, 0.2) is 19.6 Å². The molecule has 0 fully saturated rings. The molecule has 2 nitrogen and oxygen atoms in total. The lowest BCUT2D eigenvalue weighted by molar-refractivity contribution is 0.862. The maximum Gasteiger partial charge on any atom is 0.162 e. The predicted molar refractivity (Wildman–Crippen MR) is 71.0 cm³/mol. The SMILES string of the molecule is Nc1c(NSF)c(SF)c(SF)c(SF)c1SF. The molecule has 0 bridgehead atoms. The number of nitrogens with two attached hydrogens (primary N) is 1. The highest BCUT2D eigenvalue weighted by Crippen LogP contribution is 2.53. The van der Waals surface area contributed by atoms with E-state index in [4.69, 9.17) is 5.73 Å². The van der Waals surface area contributed by atoms with E-state index in [1.54, 1.807) is 0 Å². The maximum absolute atomic E-state index is 12.8. The summed E-state index contributed by atoms with van der Waals surface area (Å²) in [5.74, 6) is 0. The number of nitrogens with one attached hydrogen (secondary N) is 1. The van der Waals surface area contributed by atoms with Gasteiger partial charge in [0.2, 0.25) is 0 Å². The summed E-state index contributed by atoms with van der Waals surface area (Å²) in [6, 6.07) is 0. The summed E-state index contributed by atoms with van der Waals surface area (Å²) in [7, 11) is 0. The van der Waals surface area contributed by atoms with Gasteiger partial charge >= 0.3 is 0 Å². The molecule has 0 saturated carbocycles. The first-order valence-corrected chi connectivity index (χ1v) is 7.42. The lowest BCUT2D eigenvalue weighted by Crippen LogP contribution is -2.00. The van der Waals surface area contributed by atoms with Crippen LogP contribution in [-0.4, -0.2) is 0 Å². The fraction of sp³-hybridized carbons (Fsp3) is 0. The van der Waals surface area contributed by atoms with Crippen LogP contribution in [0, 0.1) is 0 Å². The average Bonchev–Trinajstić information content (AvgIpc) is 2.39. The fourth-order valence-electron chi connectivity index (χ4n) is 1.11. The van der Waals surface area contributed by atoms with Crippen LogP contribution in [0.4, 0.5) is 30.8 Å². The zero-order valence-electron chi connectivity index (χ0n) is 8.01. The Kier molecular flexibility index (Phi) is 6.98. The zero-order valence-corrected chi connectivity index (χ0v) is 12.1. The quantitative estimate of drug-likeness (QED) is 0.360. The Hall–Kier alpha value is 0.220. The number of hydrogen-bond acceptors (Lipinski definition) is 7. The molecule has 0 aliphatic heterocycles. The molecule has 102 valence electrons. The van der Waals surface area contributed by atoms with E-state index in [2.05, 4.69) is 0 Å². The van der Waals surface area contributed by atoms with Crippen LogP contribution < -0.4 is 10.5 Å². The van der Waals surface area contributed by atoms with Crippen molar-refractivity contribution in [1.29, 1.82) is 0 Å². The number of anilines is 2. The minimum Gasteiger partial charge on any atom is -0.396 e. The summed E-state index contributed by atoms with van der Waals surface area (Å²) >= 11 is -2.25. The molecule has 0 aliphatic carbocycles. The number of halogens is 5. The van der Waals surface area contributed by atoms with Crippen molar-refractivity contribution in [2.45, 2.75) is 19.6 Å². The number of hydrogen-bond donors (Lipinski definition) is 2. The Morgan fingerprint density at radius 3 is 1.56 bits per heavy atom. The molecule has 0 atom stereocenters. The van der Waals surface area contributed by atoms with Gasteiger partial charge in [-0.1, -0.05) is 0 Å². The number of benzene rings is 1. The highest BCUT2D eigenvalue weighted by atomic mass is 32.2. The van der Waals surface area contributed by atoms with Crippen LogP contribution in [0.5, 0.6) is 0 Å². The minimum absolute atomic E-state index is 0.340. The van der Waals surface area contributed by atoms with E-state index in [9.17, 15) is 19.4 Å². The van der Waals surface area contributed by atoms with Crippen molar-refractivity contribution in [2.75, 3.05) is 10.5 Å². The first-order valence-electron chi connectivity index (χ1n) is 3.83. The molecule has 3 N–H and O–H groups in total. The van der Waals surface area contributed by atoms with Gasteiger partial charge in [-0.15, -0.1) is 3.89 Å². The van der Waals surface area contributed by atoms with E-state index in [1.165, 1.54) is 0 Å². The van der Waals surface area contributed by atoms with Crippen LogP contribution >= 0.6 is 60.9 Å². The van der Waals surface area contributed by atoms with Gasteiger partial charge in [-0.05, 0) is 0 Å². The summed E-state index contributed by atoms with van der Waals surface area (Å²) < 4.78 is 65.1. The van der Waals surface area contributed by atoms with Gasteiger partial charge in [0, 0.05) is 0 Å². The third kappa shape index (κ3) is 3.03. The zero-order chi connectivity index (χ0) is 13.7. The normalized spacial score (nSPS) is 10.7. The third-order valence-corrected chi connectivity index (χ3v) is 4.74. The minimum atomic E-state index is -0.499. The molecule has 0 unspecified atom stereocenters. The van der Waals surface area contributed by atoms with Gasteiger partial charge in [0.05, 0.1) is 79.5 Å². The smallest absolute Gasteiger partial charge is 0.162 e. The second-order valence-electron chi connectivity index (χ2n) is 2.59. The predicted octanol–water partition coefficient (Wildman–Crippen LogP) is 6.12. The van der Waals surface area contributed by atoms with E-state index in [-0.39, 0.29) is 5.69 Å². The highest BCUT2D eigenvalue weighted by Gasteiger charge is 2.26. The number of nitrogen functional groups attached to an aromatic ring is 1. The van der Waals surface area contributed by atoms with Gasteiger partial charge in [0.25, 0.3) is 0 Å². The van der Waals surface area contributed by atoms with Crippen LogP contribution in [0.25, 0.3) is 0 Å². The Labute approximate surface area is 121 Å². The van der Waals surface area contributed by atoms with Crippen molar-refractivity contribution in [1.82, 2.24) is 0 Å². The topological polar surface area (TPSA) is 38.0 Å². The first-order chi connectivity index (χ1) is 8.65. The van der Waals surface area contributed by atoms with Gasteiger partial charge in [0.15, 0.2) is 12.3 Å². The lowest BCUT2D eigenvalue weighted by atomic mass is 10.2. The Morgan fingerprint density at radius 1 is 0.722 bits per heavy atom. The van der Waals surface area contributed by atoms with Gasteiger partial charge < -0.3 is 5.73 Å². The second kappa shape index (κ2) is 7.72. The molecule has 0 heterocycles. The van der Waals surface area contributed by atoms with Crippen molar-refractivity contribution >= 4 is 72.3 Å². The molecule has 0 radical (unpaired) electrons. The molecule has 1 aromatic carbocycles. The van der Waals surface area contributed by atoms with E-state index in [1.807, 2.05) is 4.72 Å². The lowest BCUT2D eigenvalue weighted by Gasteiger charge is -2.16. The van der Waals surface area contributed by atoms with Crippen molar-refractivity contribution < 1.29 is 19.4 Å². The largest absolute Gasteiger partial charge is 0.396 e. The second-order valence-corrected chi connectivity index (χ2v) is 5.20. The standard InChI is InChI=1S/C6H3F5N2S5/c7-14-3-1(12)2(13-18-11)4(15-8)6(17-10)5(3)16-9/h13H,12H2. The monoisotopic (exact) mass is 358 g/mol. The summed E-state index contributed by atoms with van der Waals surface area (Å²) in [5.41, 5.74) is 4.72. The van der Waals surface area contributed by atoms with E-state index in [0.29, 0.717) is 0 Å². The Balaban J connectivity index is 3.61. The molecule has 12 heteroatoms. The van der Waals surface area contributed by atoms with Crippen molar-refractivity contribution in [2.24, 2.45) is 0 Å². The molecule has 0 aromatic heterocycles. The van der Waals surface area contributed by atoms with Crippen LogP contribution in [0.1, 0.15) is 0 Å². The van der Waals surface area contributed by atoms with Gasteiger partial charge in [-0.3, -0.25) is 4.72 Å². The molecule has 0 saturated heterocycles. The Bertz CT molecular complexity index is 434. The van der Waals surface area contributed by atoms with Gasteiger partial charge in [-0.2, -0.15) is 15.5 Å². The first kappa shape index (κ1) is 16.3. The fourth-order valence-corrected chi connectivity index (χ4v) is 3.62. The van der Waals surface area contributed by atoms with Crippen molar-refractivity contribution in [3.05, 3.63) is 0 Å². The summed E-state index contributed by atoms with van der Waals surface area (Å²) in [5, 5.41) is 0. The average molecular weight is 358 g/mol. The third-order valence-electron chi connectivity index (χ3n) is 1.81. The Morgan fingerprint density at radius 2 is 1.17 bits per heavy atom. The molecule has 0 aliphatic rings. The van der Waals surface area contributed by atoms with E-state index in [0.717, 1.165) is 0 Å². The van der Waals surface area contributed by atoms with E-state index < -0.39 is 86.2 Å². The summed E-state index contributed by atoms with van der Waals surface area (Å²) in [6.45, 7) is 0. The molecule has 0 amide bonds. The molecule has 1 aromatic rings. The summed E-state index contributed by atoms with van der Waals surface area (Å²) in [6.07, 6.45) is 0. The molecule has 18 heavy (non-hydrogen) atoms. The van der Waals surface area contributed by atoms with Gasteiger partial charge in [-0.25, -0.2) is 0 Å². The molecular weight excluding hydrogens is 355 g/mol. The van der Waals surface area contributed by atoms with E-state index >= 15 is 0 Å². The molecular formula is C6H3F5N2S5. The maximum atomic E-state index is 12.8. The number of rotatable bonds is 6. The van der Waals surface area contributed by atoms with Crippen molar-refractivity contribution in [3.63, 3.8) is 0 Å². The molecule has 0 spiro atoms. The van der Waals surface area contributed by atoms with Gasteiger partial charge in [0.1, 0.15) is 0 Å². The van der Waals surface area contributed by atoms with Crippen LogP contribution in [-0.2, 0) is 0 Å². The van der Waals surface area contributed by atoms with Crippen molar-refractivity contribution in [3.8, 4) is 0 Å². The highest BCUT2D eigenvalue weighted by molar-refractivity contribution is 8.00.